The summed E-state index contributed by atoms with van der Waals surface area (Å²) in [4.78, 5) is 24.1. The molecule has 0 saturated carbocycles. The van der Waals surface area contributed by atoms with Gasteiger partial charge in [0.1, 0.15) is 11.7 Å². The molecule has 1 aromatic heterocycles. The number of carboxylic acid groups (broad SMARTS) is 1. The van der Waals surface area contributed by atoms with Gasteiger partial charge in [0.25, 0.3) is 5.91 Å². The van der Waals surface area contributed by atoms with Crippen LogP contribution in [0.2, 0.25) is 0 Å². The Morgan fingerprint density at radius 1 is 1.20 bits per heavy atom. The first-order valence-electron chi connectivity index (χ1n) is 8.09. The van der Waals surface area contributed by atoms with Crippen molar-refractivity contribution in [3.8, 4) is 11.5 Å². The van der Waals surface area contributed by atoms with Crippen LogP contribution >= 0.6 is 0 Å². The number of methoxy groups -OCH3 is 2. The molecule has 0 aliphatic carbocycles. The fourth-order valence-corrected chi connectivity index (χ4v) is 2.78. The zero-order chi connectivity index (χ0) is 18.7. The van der Waals surface area contributed by atoms with Crippen molar-refractivity contribution < 1.29 is 24.2 Å². The molecular weight excluding hydrogens is 324 g/mol. The number of hydrogen-bond donors (Lipinski definition) is 2. The van der Waals surface area contributed by atoms with Gasteiger partial charge in [0, 0.05) is 18.5 Å². The molecule has 2 atom stereocenters. The molecule has 1 amide bonds. The van der Waals surface area contributed by atoms with E-state index >= 15 is 0 Å². The fourth-order valence-electron chi connectivity index (χ4n) is 2.78. The van der Waals surface area contributed by atoms with Crippen LogP contribution in [0.25, 0.3) is 10.9 Å². The highest BCUT2D eigenvalue weighted by molar-refractivity contribution is 6.00. The van der Waals surface area contributed by atoms with Gasteiger partial charge in [-0.1, -0.05) is 20.3 Å². The van der Waals surface area contributed by atoms with Crippen LogP contribution in [0.1, 0.15) is 30.8 Å². The smallest absolute Gasteiger partial charge is 0.326 e. The lowest BCUT2D eigenvalue weighted by molar-refractivity contribution is -0.140. The Bertz CT molecular complexity index is 796. The Morgan fingerprint density at radius 2 is 1.80 bits per heavy atom. The number of carbonyl (C=O) groups excluding carboxylic acids is 1. The quantitative estimate of drug-likeness (QED) is 0.802. The summed E-state index contributed by atoms with van der Waals surface area (Å²) in [5, 5.41) is 12.8. The third-order valence-corrected chi connectivity index (χ3v) is 4.55. The minimum Gasteiger partial charge on any atom is -0.493 e. The Hall–Kier alpha value is -2.70. The summed E-state index contributed by atoms with van der Waals surface area (Å²) in [6, 6.07) is 4.35. The SMILES string of the molecule is CCC(C)C(NC(=O)c1cc2cc(OC)c(OC)cc2n1C)C(=O)O. The van der Waals surface area contributed by atoms with E-state index in [2.05, 4.69) is 5.32 Å². The van der Waals surface area contributed by atoms with Gasteiger partial charge in [-0.05, 0) is 18.1 Å². The number of carbonyl (C=O) groups is 2. The number of nitrogens with one attached hydrogen (secondary N) is 1. The molecule has 0 aliphatic heterocycles. The molecular formula is C18H24N2O5. The first-order chi connectivity index (χ1) is 11.8. The number of nitrogens with zero attached hydrogens (tertiary/aromatic N) is 1. The topological polar surface area (TPSA) is 89.8 Å². The summed E-state index contributed by atoms with van der Waals surface area (Å²) in [5.41, 5.74) is 1.16. The van der Waals surface area contributed by atoms with Crippen molar-refractivity contribution in [1.82, 2.24) is 9.88 Å². The van der Waals surface area contributed by atoms with Crippen molar-refractivity contribution in [2.75, 3.05) is 14.2 Å². The number of hydrogen-bond acceptors (Lipinski definition) is 4. The Kier molecular flexibility index (Phi) is 5.56. The Balaban J connectivity index is 2.41. The van der Waals surface area contributed by atoms with Crippen LogP contribution in [0.4, 0.5) is 0 Å². The fraction of sp³-hybridized carbons (Fsp3) is 0.444. The summed E-state index contributed by atoms with van der Waals surface area (Å²) in [7, 11) is 4.84. The molecule has 0 aliphatic rings. The summed E-state index contributed by atoms with van der Waals surface area (Å²) >= 11 is 0. The van der Waals surface area contributed by atoms with Gasteiger partial charge in [-0.15, -0.1) is 0 Å². The van der Waals surface area contributed by atoms with Crippen LogP contribution in [0.5, 0.6) is 11.5 Å². The van der Waals surface area contributed by atoms with Crippen LogP contribution in [-0.4, -0.2) is 41.8 Å². The van der Waals surface area contributed by atoms with E-state index in [4.69, 9.17) is 9.47 Å². The summed E-state index contributed by atoms with van der Waals surface area (Å²) in [5.74, 6) is -0.507. The molecule has 0 radical (unpaired) electrons. The second-order valence-electron chi connectivity index (χ2n) is 6.03. The highest BCUT2D eigenvalue weighted by Crippen LogP contribution is 2.33. The van der Waals surface area contributed by atoms with Gasteiger partial charge < -0.3 is 24.5 Å². The standard InChI is InChI=1S/C18H24N2O5/c1-6-10(2)16(18(22)23)19-17(21)13-7-11-8-14(24-4)15(25-5)9-12(11)20(13)3/h7-10,16H,6H2,1-5H3,(H,19,21)(H,22,23). The second kappa shape index (κ2) is 7.46. The average molecular weight is 348 g/mol. The molecule has 7 heteroatoms. The van der Waals surface area contributed by atoms with E-state index in [0.29, 0.717) is 23.6 Å². The van der Waals surface area contributed by atoms with Crippen LogP contribution in [0, 0.1) is 5.92 Å². The molecule has 0 spiro atoms. The monoisotopic (exact) mass is 348 g/mol. The number of ether oxygens (including phenoxy) is 2. The molecule has 7 nitrogen and oxygen atoms in total. The number of fused-ring (bicyclic) bond motifs is 1. The Morgan fingerprint density at radius 3 is 2.32 bits per heavy atom. The minimum absolute atomic E-state index is 0.170. The van der Waals surface area contributed by atoms with E-state index in [0.717, 1.165) is 10.9 Å². The van der Waals surface area contributed by atoms with E-state index < -0.39 is 17.9 Å². The van der Waals surface area contributed by atoms with Gasteiger partial charge in [0.2, 0.25) is 0 Å². The van der Waals surface area contributed by atoms with Crippen molar-refractivity contribution in [2.24, 2.45) is 13.0 Å². The third-order valence-electron chi connectivity index (χ3n) is 4.55. The van der Waals surface area contributed by atoms with Crippen LogP contribution in [0.3, 0.4) is 0 Å². The minimum atomic E-state index is -1.04. The van der Waals surface area contributed by atoms with Gasteiger partial charge >= 0.3 is 5.97 Å². The summed E-state index contributed by atoms with van der Waals surface area (Å²) < 4.78 is 12.3. The molecule has 2 rings (SSSR count). The molecule has 136 valence electrons. The number of rotatable bonds is 7. The van der Waals surface area contributed by atoms with Gasteiger partial charge in [0.15, 0.2) is 11.5 Å². The zero-order valence-corrected chi connectivity index (χ0v) is 15.1. The van der Waals surface area contributed by atoms with Crippen molar-refractivity contribution in [3.63, 3.8) is 0 Å². The number of aryl methyl sites for hydroxylation is 1. The number of carboxylic acids is 1. The van der Waals surface area contributed by atoms with Crippen LogP contribution < -0.4 is 14.8 Å². The average Bonchev–Trinajstić information content (AvgIpc) is 2.93. The number of amides is 1. The van der Waals surface area contributed by atoms with Crippen molar-refractivity contribution in [1.29, 1.82) is 0 Å². The van der Waals surface area contributed by atoms with E-state index in [1.54, 1.807) is 51.0 Å². The van der Waals surface area contributed by atoms with Crippen molar-refractivity contribution in [3.05, 3.63) is 23.9 Å². The first-order valence-corrected chi connectivity index (χ1v) is 8.09. The molecule has 0 bridgehead atoms. The van der Waals surface area contributed by atoms with E-state index in [9.17, 15) is 14.7 Å². The second-order valence-corrected chi connectivity index (χ2v) is 6.03. The molecule has 0 fully saturated rings. The third kappa shape index (κ3) is 3.55. The maximum Gasteiger partial charge on any atom is 0.326 e. The number of benzene rings is 1. The van der Waals surface area contributed by atoms with Crippen LogP contribution in [-0.2, 0) is 11.8 Å². The van der Waals surface area contributed by atoms with E-state index in [1.807, 2.05) is 6.92 Å². The number of aliphatic carboxylic acids is 1. The molecule has 2 unspecified atom stereocenters. The zero-order valence-electron chi connectivity index (χ0n) is 15.1. The van der Waals surface area contributed by atoms with Gasteiger partial charge in [-0.3, -0.25) is 4.79 Å². The highest BCUT2D eigenvalue weighted by Gasteiger charge is 2.27. The van der Waals surface area contributed by atoms with Crippen LogP contribution in [0.15, 0.2) is 18.2 Å². The maximum atomic E-state index is 12.6. The van der Waals surface area contributed by atoms with Gasteiger partial charge in [-0.2, -0.15) is 0 Å². The Labute approximate surface area is 146 Å². The van der Waals surface area contributed by atoms with Gasteiger partial charge in [0.05, 0.1) is 19.7 Å². The molecule has 25 heavy (non-hydrogen) atoms. The van der Waals surface area contributed by atoms with Gasteiger partial charge in [-0.25, -0.2) is 4.79 Å². The van der Waals surface area contributed by atoms with Crippen molar-refractivity contribution >= 4 is 22.8 Å². The lowest BCUT2D eigenvalue weighted by atomic mass is 9.99. The highest BCUT2D eigenvalue weighted by atomic mass is 16.5. The maximum absolute atomic E-state index is 12.6. The molecule has 0 saturated heterocycles. The molecule has 2 aromatic rings. The predicted octanol–water partition coefficient (Wildman–Crippen LogP) is 2.42. The largest absolute Gasteiger partial charge is 0.493 e. The summed E-state index contributed by atoms with van der Waals surface area (Å²) in [6.45, 7) is 3.69. The lowest BCUT2D eigenvalue weighted by Crippen LogP contribution is -2.45. The normalized spacial score (nSPS) is 13.3. The first kappa shape index (κ1) is 18.6. The molecule has 2 N–H and O–H groups in total. The number of aromatic nitrogens is 1. The van der Waals surface area contributed by atoms with Crippen molar-refractivity contribution in [2.45, 2.75) is 26.3 Å². The molecule has 1 aromatic carbocycles. The lowest BCUT2D eigenvalue weighted by Gasteiger charge is -2.20. The summed E-state index contributed by atoms with van der Waals surface area (Å²) in [6.07, 6.45) is 0.654. The predicted molar refractivity (Wildman–Crippen MR) is 94.4 cm³/mol. The van der Waals surface area contributed by atoms with E-state index in [1.165, 1.54) is 0 Å². The van der Waals surface area contributed by atoms with E-state index in [-0.39, 0.29) is 5.92 Å². The molecule has 1 heterocycles.